The van der Waals surface area contributed by atoms with E-state index in [9.17, 15) is 4.79 Å². The molecular weight excluding hydrogens is 244 g/mol. The molecule has 0 saturated carbocycles. The van der Waals surface area contributed by atoms with Gasteiger partial charge in [0.1, 0.15) is 5.69 Å². The van der Waals surface area contributed by atoms with Crippen molar-refractivity contribution in [2.45, 2.75) is 0 Å². The second kappa shape index (κ2) is 5.57. The van der Waals surface area contributed by atoms with E-state index in [0.29, 0.717) is 17.1 Å². The number of nitrogens with zero attached hydrogens (tertiary/aromatic N) is 3. The molecule has 0 aliphatic carbocycles. The summed E-state index contributed by atoms with van der Waals surface area (Å²) in [6.07, 6.45) is 2.72. The number of benzene rings is 1. The number of nitrogen functional groups attached to an aromatic ring is 1. The quantitative estimate of drug-likeness (QED) is 0.553. The van der Waals surface area contributed by atoms with Gasteiger partial charge in [0.25, 0.3) is 5.91 Å². The number of hydrogen-bond donors (Lipinski definition) is 3. The van der Waals surface area contributed by atoms with Crippen molar-refractivity contribution in [3.63, 3.8) is 0 Å². The number of amides is 1. The SMILES string of the molecule is N#Cc1cccc(NC(=O)c2cncc(NN)n2)c1. The van der Waals surface area contributed by atoms with Gasteiger partial charge in [-0.15, -0.1) is 0 Å². The molecule has 2 aromatic rings. The maximum Gasteiger partial charge on any atom is 0.275 e. The van der Waals surface area contributed by atoms with E-state index in [0.717, 1.165) is 0 Å². The highest BCUT2D eigenvalue weighted by Crippen LogP contribution is 2.11. The van der Waals surface area contributed by atoms with Gasteiger partial charge in [0.15, 0.2) is 5.82 Å². The van der Waals surface area contributed by atoms with Crippen LogP contribution in [-0.2, 0) is 0 Å². The fourth-order valence-corrected chi connectivity index (χ4v) is 1.41. The molecule has 0 unspecified atom stereocenters. The van der Waals surface area contributed by atoms with Crippen LogP contribution < -0.4 is 16.6 Å². The summed E-state index contributed by atoms with van der Waals surface area (Å²) in [5.41, 5.74) is 3.40. The molecule has 1 heterocycles. The smallest absolute Gasteiger partial charge is 0.275 e. The number of nitrogens with two attached hydrogens (primary N) is 1. The van der Waals surface area contributed by atoms with Gasteiger partial charge in [-0.1, -0.05) is 6.07 Å². The number of carbonyl (C=O) groups is 1. The van der Waals surface area contributed by atoms with Crippen LogP contribution in [-0.4, -0.2) is 15.9 Å². The predicted octanol–water partition coefficient (Wildman–Crippen LogP) is 0.886. The zero-order valence-corrected chi connectivity index (χ0v) is 9.79. The van der Waals surface area contributed by atoms with Crippen molar-refractivity contribution in [1.29, 1.82) is 5.26 Å². The van der Waals surface area contributed by atoms with Crippen LogP contribution in [0.25, 0.3) is 0 Å². The molecule has 7 nitrogen and oxygen atoms in total. The largest absolute Gasteiger partial charge is 0.321 e. The summed E-state index contributed by atoms with van der Waals surface area (Å²) in [7, 11) is 0. The summed E-state index contributed by atoms with van der Waals surface area (Å²) >= 11 is 0. The average molecular weight is 254 g/mol. The van der Waals surface area contributed by atoms with Crippen molar-refractivity contribution in [3.8, 4) is 6.07 Å². The van der Waals surface area contributed by atoms with Gasteiger partial charge < -0.3 is 10.7 Å². The van der Waals surface area contributed by atoms with Crippen molar-refractivity contribution in [3.05, 3.63) is 47.9 Å². The second-order valence-corrected chi connectivity index (χ2v) is 3.58. The summed E-state index contributed by atoms with van der Waals surface area (Å²) in [6.45, 7) is 0. The lowest BCUT2D eigenvalue weighted by Crippen LogP contribution is -2.16. The van der Waals surface area contributed by atoms with Crippen molar-refractivity contribution >= 4 is 17.4 Å². The lowest BCUT2D eigenvalue weighted by atomic mass is 10.2. The Hall–Kier alpha value is -2.98. The Morgan fingerprint density at radius 2 is 2.21 bits per heavy atom. The molecule has 94 valence electrons. The number of rotatable bonds is 3. The van der Waals surface area contributed by atoms with E-state index in [1.807, 2.05) is 6.07 Å². The molecule has 0 atom stereocenters. The fourth-order valence-electron chi connectivity index (χ4n) is 1.41. The summed E-state index contributed by atoms with van der Waals surface area (Å²) in [5, 5.41) is 11.4. The van der Waals surface area contributed by atoms with Gasteiger partial charge in [0, 0.05) is 5.69 Å². The first-order valence-electron chi connectivity index (χ1n) is 5.33. The molecule has 19 heavy (non-hydrogen) atoms. The number of hydrogen-bond acceptors (Lipinski definition) is 6. The molecule has 7 heteroatoms. The Morgan fingerprint density at radius 3 is 2.95 bits per heavy atom. The molecule has 0 aliphatic heterocycles. The third-order valence-corrected chi connectivity index (χ3v) is 2.26. The molecule has 1 aromatic carbocycles. The van der Waals surface area contributed by atoms with Crippen molar-refractivity contribution in [2.75, 3.05) is 10.7 Å². The van der Waals surface area contributed by atoms with E-state index in [1.54, 1.807) is 24.3 Å². The van der Waals surface area contributed by atoms with Crippen LogP contribution in [0.5, 0.6) is 0 Å². The summed E-state index contributed by atoms with van der Waals surface area (Å²) in [5.74, 6) is 5.05. The number of hydrazine groups is 1. The van der Waals surface area contributed by atoms with E-state index >= 15 is 0 Å². The van der Waals surface area contributed by atoms with Crippen LogP contribution in [0.3, 0.4) is 0 Å². The van der Waals surface area contributed by atoms with E-state index < -0.39 is 5.91 Å². The van der Waals surface area contributed by atoms with E-state index in [-0.39, 0.29) is 5.69 Å². The second-order valence-electron chi connectivity index (χ2n) is 3.58. The topological polar surface area (TPSA) is 117 Å². The first-order chi connectivity index (χ1) is 9.22. The Morgan fingerprint density at radius 1 is 1.37 bits per heavy atom. The van der Waals surface area contributed by atoms with Gasteiger partial charge in [-0.3, -0.25) is 9.78 Å². The molecule has 0 spiro atoms. The highest BCUT2D eigenvalue weighted by Gasteiger charge is 2.09. The molecule has 0 radical (unpaired) electrons. The molecule has 2 rings (SSSR count). The number of aromatic nitrogens is 2. The van der Waals surface area contributed by atoms with Gasteiger partial charge in [-0.05, 0) is 18.2 Å². The zero-order valence-electron chi connectivity index (χ0n) is 9.79. The predicted molar refractivity (Wildman–Crippen MR) is 69.0 cm³/mol. The van der Waals surface area contributed by atoms with Gasteiger partial charge in [0.2, 0.25) is 0 Å². The first kappa shape index (κ1) is 12.5. The maximum absolute atomic E-state index is 11.9. The Balaban J connectivity index is 2.18. The highest BCUT2D eigenvalue weighted by atomic mass is 16.1. The van der Waals surface area contributed by atoms with Crippen LogP contribution >= 0.6 is 0 Å². The fraction of sp³-hybridized carbons (Fsp3) is 0. The van der Waals surface area contributed by atoms with E-state index in [1.165, 1.54) is 12.4 Å². The molecule has 0 aliphatic rings. The summed E-state index contributed by atoms with van der Waals surface area (Å²) in [4.78, 5) is 19.7. The first-order valence-corrected chi connectivity index (χ1v) is 5.33. The van der Waals surface area contributed by atoms with Crippen LogP contribution in [0.2, 0.25) is 0 Å². The minimum atomic E-state index is -0.431. The van der Waals surface area contributed by atoms with Crippen LogP contribution in [0.4, 0.5) is 11.5 Å². The monoisotopic (exact) mass is 254 g/mol. The molecule has 4 N–H and O–H groups in total. The normalized spacial score (nSPS) is 9.47. The highest BCUT2D eigenvalue weighted by molar-refractivity contribution is 6.02. The third-order valence-electron chi connectivity index (χ3n) is 2.26. The van der Waals surface area contributed by atoms with Gasteiger partial charge in [-0.25, -0.2) is 10.8 Å². The van der Waals surface area contributed by atoms with Crippen LogP contribution in [0.15, 0.2) is 36.7 Å². The Bertz CT molecular complexity index is 649. The molecule has 0 saturated heterocycles. The van der Waals surface area contributed by atoms with Gasteiger partial charge in [0.05, 0.1) is 24.0 Å². The molecule has 1 amide bonds. The third kappa shape index (κ3) is 3.02. The van der Waals surface area contributed by atoms with Crippen molar-refractivity contribution < 1.29 is 4.79 Å². The molecule has 0 bridgehead atoms. The van der Waals surface area contributed by atoms with Crippen LogP contribution in [0.1, 0.15) is 16.1 Å². The van der Waals surface area contributed by atoms with E-state index in [4.69, 9.17) is 11.1 Å². The zero-order chi connectivity index (χ0) is 13.7. The Labute approximate surface area is 109 Å². The molecule has 1 aromatic heterocycles. The lowest BCUT2D eigenvalue weighted by molar-refractivity contribution is 0.102. The van der Waals surface area contributed by atoms with Crippen molar-refractivity contribution in [2.24, 2.45) is 5.84 Å². The van der Waals surface area contributed by atoms with Gasteiger partial charge in [-0.2, -0.15) is 5.26 Å². The Kier molecular flexibility index (Phi) is 3.66. The minimum absolute atomic E-state index is 0.123. The number of nitriles is 1. The maximum atomic E-state index is 11.9. The van der Waals surface area contributed by atoms with E-state index in [2.05, 4.69) is 20.7 Å². The van der Waals surface area contributed by atoms with Crippen molar-refractivity contribution in [1.82, 2.24) is 9.97 Å². The standard InChI is InChI=1S/C12H10N6O/c13-5-8-2-1-3-9(4-8)16-12(19)10-6-15-7-11(17-10)18-14/h1-4,6-7H,14H2,(H,16,19)(H,17,18). The lowest BCUT2D eigenvalue weighted by Gasteiger charge is -2.05. The molecular formula is C12H10N6O. The summed E-state index contributed by atoms with van der Waals surface area (Å²) in [6, 6.07) is 8.56. The molecule has 0 fully saturated rings. The average Bonchev–Trinajstić information content (AvgIpc) is 2.47. The summed E-state index contributed by atoms with van der Waals surface area (Å²) < 4.78 is 0. The minimum Gasteiger partial charge on any atom is -0.321 e. The number of carbonyl (C=O) groups excluding carboxylic acids is 1. The number of nitrogens with one attached hydrogen (secondary N) is 2. The number of anilines is 2. The van der Waals surface area contributed by atoms with Gasteiger partial charge >= 0.3 is 0 Å². The van der Waals surface area contributed by atoms with Crippen LogP contribution in [0, 0.1) is 11.3 Å².